The molecule has 0 fully saturated rings. The van der Waals surface area contributed by atoms with Gasteiger partial charge in [-0.1, -0.05) is 0 Å². The van der Waals surface area contributed by atoms with Gasteiger partial charge in [-0.15, -0.1) is 0 Å². The monoisotopic (exact) mass is 164 g/mol. The van der Waals surface area contributed by atoms with Crippen LogP contribution in [-0.2, 0) is 4.79 Å². The summed E-state index contributed by atoms with van der Waals surface area (Å²) >= 11 is 0. The molecular weight excluding hydrogens is 152 g/mol. The number of rotatable bonds is 5. The molecule has 0 rings (SSSR count). The fraction of sp³-hybridized carbons (Fsp3) is 0.833. The van der Waals surface area contributed by atoms with Crippen molar-refractivity contribution >= 4 is 6.29 Å². The Hall–Kier alpha value is -0.490. The largest absolute Gasteiger partial charge is 0.386 e. The molecule has 0 amide bonds. The van der Waals surface area contributed by atoms with Crippen molar-refractivity contribution in [1.29, 1.82) is 0 Å². The van der Waals surface area contributed by atoms with Gasteiger partial charge in [-0.25, -0.2) is 0 Å². The van der Waals surface area contributed by atoms with Gasteiger partial charge in [0.15, 0.2) is 0 Å². The molecule has 0 aromatic rings. The van der Waals surface area contributed by atoms with Gasteiger partial charge in [-0.2, -0.15) is 0 Å². The standard InChI is InChI=1S/C6H12O5/c7-4-5(8)2-1-3-6(9,10)11/h4-5,8-11H,1-3H2. The molecule has 0 aliphatic carbocycles. The number of aliphatic hydroxyl groups is 4. The van der Waals surface area contributed by atoms with E-state index in [-0.39, 0.29) is 19.3 Å². The van der Waals surface area contributed by atoms with Crippen LogP contribution in [0.1, 0.15) is 19.3 Å². The summed E-state index contributed by atoms with van der Waals surface area (Å²) in [6.07, 6.45) is -0.723. The molecule has 0 saturated carbocycles. The first-order valence-corrected chi connectivity index (χ1v) is 3.26. The first-order chi connectivity index (χ1) is 4.95. The van der Waals surface area contributed by atoms with Gasteiger partial charge in [-0.05, 0) is 12.8 Å². The van der Waals surface area contributed by atoms with Crippen molar-refractivity contribution < 1.29 is 25.2 Å². The van der Waals surface area contributed by atoms with E-state index < -0.39 is 12.1 Å². The van der Waals surface area contributed by atoms with Crippen molar-refractivity contribution in [3.05, 3.63) is 0 Å². The minimum atomic E-state index is -2.69. The second-order valence-corrected chi connectivity index (χ2v) is 2.37. The van der Waals surface area contributed by atoms with E-state index in [9.17, 15) is 4.79 Å². The third-order valence-electron chi connectivity index (χ3n) is 1.17. The van der Waals surface area contributed by atoms with E-state index in [4.69, 9.17) is 20.4 Å². The summed E-state index contributed by atoms with van der Waals surface area (Å²) in [4.78, 5) is 9.82. The van der Waals surface area contributed by atoms with Gasteiger partial charge in [0.05, 0.1) is 0 Å². The number of hydrogen-bond acceptors (Lipinski definition) is 5. The van der Waals surface area contributed by atoms with Gasteiger partial charge in [0.2, 0.25) is 0 Å². The Bertz CT molecular complexity index is 117. The summed E-state index contributed by atoms with van der Waals surface area (Å²) in [5.41, 5.74) is 0. The molecule has 0 bridgehead atoms. The van der Waals surface area contributed by atoms with E-state index in [1.165, 1.54) is 0 Å². The van der Waals surface area contributed by atoms with Crippen LogP contribution in [0.2, 0.25) is 0 Å². The van der Waals surface area contributed by atoms with Crippen molar-refractivity contribution in [3.63, 3.8) is 0 Å². The molecule has 0 saturated heterocycles. The van der Waals surface area contributed by atoms with Crippen LogP contribution >= 0.6 is 0 Å². The highest BCUT2D eigenvalue weighted by Crippen LogP contribution is 2.07. The zero-order valence-corrected chi connectivity index (χ0v) is 5.97. The minimum absolute atomic E-state index is 0.118. The molecule has 0 aromatic carbocycles. The summed E-state index contributed by atoms with van der Waals surface area (Å²) < 4.78 is 0. The maximum absolute atomic E-state index is 9.82. The van der Waals surface area contributed by atoms with Crippen LogP contribution in [0, 0.1) is 0 Å². The Morgan fingerprint density at radius 1 is 1.36 bits per heavy atom. The van der Waals surface area contributed by atoms with Crippen molar-refractivity contribution in [2.75, 3.05) is 0 Å². The van der Waals surface area contributed by atoms with E-state index in [1.54, 1.807) is 0 Å². The molecule has 4 N–H and O–H groups in total. The molecule has 0 aromatic heterocycles. The lowest BCUT2D eigenvalue weighted by atomic mass is 10.1. The van der Waals surface area contributed by atoms with Crippen LogP contribution < -0.4 is 0 Å². The average Bonchev–Trinajstić information content (AvgIpc) is 1.85. The van der Waals surface area contributed by atoms with Crippen LogP contribution in [0.4, 0.5) is 0 Å². The van der Waals surface area contributed by atoms with Gasteiger partial charge in [0, 0.05) is 6.42 Å². The summed E-state index contributed by atoms with van der Waals surface area (Å²) in [5.74, 6) is -2.69. The third-order valence-corrected chi connectivity index (χ3v) is 1.17. The normalized spacial score (nSPS) is 14.5. The highest BCUT2D eigenvalue weighted by atomic mass is 16.7. The Morgan fingerprint density at radius 3 is 2.27 bits per heavy atom. The van der Waals surface area contributed by atoms with Gasteiger partial charge < -0.3 is 25.2 Å². The number of aliphatic hydroxyl groups excluding tert-OH is 1. The zero-order chi connectivity index (χ0) is 8.91. The van der Waals surface area contributed by atoms with E-state index in [1.807, 2.05) is 0 Å². The molecule has 1 atom stereocenters. The Balaban J connectivity index is 3.35. The number of aldehydes is 1. The fourth-order valence-electron chi connectivity index (χ4n) is 0.616. The molecule has 0 spiro atoms. The van der Waals surface area contributed by atoms with Gasteiger partial charge in [0.25, 0.3) is 5.97 Å². The van der Waals surface area contributed by atoms with Gasteiger partial charge in [0.1, 0.15) is 12.4 Å². The maximum atomic E-state index is 9.82. The molecule has 5 nitrogen and oxygen atoms in total. The second kappa shape index (κ2) is 4.40. The zero-order valence-electron chi connectivity index (χ0n) is 5.97. The molecule has 0 aliphatic rings. The molecular formula is C6H12O5. The number of carbonyl (C=O) groups is 1. The Labute approximate surface area is 63.9 Å². The minimum Gasteiger partial charge on any atom is -0.386 e. The number of hydrogen-bond donors (Lipinski definition) is 4. The lowest BCUT2D eigenvalue weighted by Gasteiger charge is -2.13. The Kier molecular flexibility index (Phi) is 4.20. The molecule has 66 valence electrons. The smallest absolute Gasteiger partial charge is 0.275 e. The molecule has 11 heavy (non-hydrogen) atoms. The topological polar surface area (TPSA) is 98.0 Å². The summed E-state index contributed by atoms with van der Waals surface area (Å²) in [5, 5.41) is 33.7. The predicted molar refractivity (Wildman–Crippen MR) is 35.3 cm³/mol. The quantitative estimate of drug-likeness (QED) is 0.288. The van der Waals surface area contributed by atoms with Crippen LogP contribution in [-0.4, -0.2) is 38.8 Å². The molecule has 0 heterocycles. The third kappa shape index (κ3) is 7.41. The summed E-state index contributed by atoms with van der Waals surface area (Å²) in [6, 6.07) is 0. The van der Waals surface area contributed by atoms with Crippen LogP contribution in [0.5, 0.6) is 0 Å². The van der Waals surface area contributed by atoms with Crippen molar-refractivity contribution in [1.82, 2.24) is 0 Å². The van der Waals surface area contributed by atoms with Gasteiger partial charge in [-0.3, -0.25) is 0 Å². The predicted octanol–water partition coefficient (Wildman–Crippen LogP) is -1.65. The molecule has 0 aliphatic heterocycles. The van der Waals surface area contributed by atoms with E-state index in [0.717, 1.165) is 0 Å². The first kappa shape index (κ1) is 10.5. The van der Waals surface area contributed by atoms with Crippen molar-refractivity contribution in [2.24, 2.45) is 0 Å². The summed E-state index contributed by atoms with van der Waals surface area (Å²) in [6.45, 7) is 0. The molecule has 5 heteroatoms. The fourth-order valence-corrected chi connectivity index (χ4v) is 0.616. The van der Waals surface area contributed by atoms with Crippen LogP contribution in [0.3, 0.4) is 0 Å². The lowest BCUT2D eigenvalue weighted by Crippen LogP contribution is -2.27. The van der Waals surface area contributed by atoms with Gasteiger partial charge >= 0.3 is 0 Å². The van der Waals surface area contributed by atoms with Crippen LogP contribution in [0.25, 0.3) is 0 Å². The van der Waals surface area contributed by atoms with Crippen molar-refractivity contribution in [3.8, 4) is 0 Å². The molecule has 0 radical (unpaired) electrons. The second-order valence-electron chi connectivity index (χ2n) is 2.37. The van der Waals surface area contributed by atoms with E-state index >= 15 is 0 Å². The lowest BCUT2D eigenvalue weighted by molar-refractivity contribution is -0.315. The highest BCUT2D eigenvalue weighted by Gasteiger charge is 2.17. The van der Waals surface area contributed by atoms with E-state index in [2.05, 4.69) is 0 Å². The number of carbonyl (C=O) groups excluding carboxylic acids is 1. The first-order valence-electron chi connectivity index (χ1n) is 3.26. The SMILES string of the molecule is O=CC(O)CCCC(O)(O)O. The van der Waals surface area contributed by atoms with E-state index in [0.29, 0.717) is 6.29 Å². The van der Waals surface area contributed by atoms with Crippen LogP contribution in [0.15, 0.2) is 0 Å². The highest BCUT2D eigenvalue weighted by molar-refractivity contribution is 5.55. The summed E-state index contributed by atoms with van der Waals surface area (Å²) in [7, 11) is 0. The Morgan fingerprint density at radius 2 is 1.91 bits per heavy atom. The molecule has 1 unspecified atom stereocenters. The maximum Gasteiger partial charge on any atom is 0.275 e. The van der Waals surface area contributed by atoms with Crippen molar-refractivity contribution in [2.45, 2.75) is 31.3 Å². The average molecular weight is 164 g/mol.